The third kappa shape index (κ3) is 5.03. The van der Waals surface area contributed by atoms with Crippen molar-refractivity contribution < 1.29 is 0 Å². The SMILES string of the molecule is CCc1cc2cn(-c3ccc([C@H](C)NCCCN/C(N)=N\C)cc3)c(=O)nc2[nH]1. The van der Waals surface area contributed by atoms with Crippen LogP contribution in [0.4, 0.5) is 0 Å². The van der Waals surface area contributed by atoms with Crippen molar-refractivity contribution in [2.75, 3.05) is 20.1 Å². The van der Waals surface area contributed by atoms with Crippen molar-refractivity contribution in [3.05, 3.63) is 58.3 Å². The van der Waals surface area contributed by atoms with Crippen LogP contribution >= 0.6 is 0 Å². The highest BCUT2D eigenvalue weighted by atomic mass is 16.1. The highest BCUT2D eigenvalue weighted by molar-refractivity contribution is 5.77. The second-order valence-electron chi connectivity index (χ2n) is 7.00. The fraction of sp³-hybridized carbons (Fsp3) is 0.381. The number of nitrogens with two attached hydrogens (primary N) is 1. The van der Waals surface area contributed by atoms with E-state index in [1.165, 1.54) is 0 Å². The number of hydrogen-bond acceptors (Lipinski definition) is 4. The highest BCUT2D eigenvalue weighted by Crippen LogP contribution is 2.17. The Labute approximate surface area is 170 Å². The Balaban J connectivity index is 1.64. The number of guanidine groups is 1. The van der Waals surface area contributed by atoms with Crippen LogP contribution in [0.3, 0.4) is 0 Å². The normalized spacial score (nSPS) is 13.0. The molecule has 8 heteroatoms. The van der Waals surface area contributed by atoms with E-state index in [-0.39, 0.29) is 11.7 Å². The predicted octanol–water partition coefficient (Wildman–Crippen LogP) is 1.85. The summed E-state index contributed by atoms with van der Waals surface area (Å²) >= 11 is 0. The summed E-state index contributed by atoms with van der Waals surface area (Å²) in [6, 6.07) is 10.2. The Morgan fingerprint density at radius 2 is 2.07 bits per heavy atom. The third-order valence-corrected chi connectivity index (χ3v) is 4.97. The first kappa shape index (κ1) is 20.6. The fourth-order valence-electron chi connectivity index (χ4n) is 3.17. The zero-order chi connectivity index (χ0) is 20.8. The molecule has 8 nitrogen and oxygen atoms in total. The van der Waals surface area contributed by atoms with Gasteiger partial charge in [-0.1, -0.05) is 19.1 Å². The quantitative estimate of drug-likeness (QED) is 0.264. The van der Waals surface area contributed by atoms with Gasteiger partial charge < -0.3 is 21.4 Å². The maximum atomic E-state index is 12.4. The molecule has 0 saturated carbocycles. The van der Waals surface area contributed by atoms with E-state index < -0.39 is 0 Å². The molecule has 0 aliphatic heterocycles. The lowest BCUT2D eigenvalue weighted by molar-refractivity contribution is 0.555. The molecule has 0 fully saturated rings. The van der Waals surface area contributed by atoms with Gasteiger partial charge in [0.15, 0.2) is 5.96 Å². The Hall–Kier alpha value is -3.13. The molecule has 29 heavy (non-hydrogen) atoms. The molecular weight excluding hydrogens is 366 g/mol. The largest absolute Gasteiger partial charge is 0.370 e. The number of rotatable bonds is 8. The lowest BCUT2D eigenvalue weighted by atomic mass is 10.1. The van der Waals surface area contributed by atoms with E-state index in [4.69, 9.17) is 5.73 Å². The standard InChI is InChI=1S/C21H29N7O/c1-4-17-12-16-13-28(21(29)27-19(16)26-17)18-8-6-15(7-9-18)14(2)24-10-5-11-25-20(22)23-3/h6-9,12-14,24H,4-5,10-11H2,1-3H3,(H3,22,23,25)(H,26,27,29)/t14-/m0/s1. The molecule has 2 aromatic heterocycles. The van der Waals surface area contributed by atoms with E-state index in [9.17, 15) is 4.79 Å². The molecule has 0 saturated heterocycles. The van der Waals surface area contributed by atoms with Gasteiger partial charge in [0.1, 0.15) is 5.65 Å². The zero-order valence-electron chi connectivity index (χ0n) is 17.2. The van der Waals surface area contributed by atoms with Gasteiger partial charge in [-0.15, -0.1) is 0 Å². The average molecular weight is 396 g/mol. The molecule has 3 aromatic rings. The first-order valence-corrected chi connectivity index (χ1v) is 9.93. The second kappa shape index (κ2) is 9.38. The van der Waals surface area contributed by atoms with Gasteiger partial charge in [-0.2, -0.15) is 4.98 Å². The molecule has 154 valence electrons. The van der Waals surface area contributed by atoms with E-state index in [1.54, 1.807) is 11.6 Å². The van der Waals surface area contributed by atoms with E-state index in [0.717, 1.165) is 48.3 Å². The van der Waals surface area contributed by atoms with Crippen LogP contribution in [-0.2, 0) is 6.42 Å². The van der Waals surface area contributed by atoms with Crippen LogP contribution in [0.1, 0.15) is 37.6 Å². The molecule has 0 aliphatic carbocycles. The lowest BCUT2D eigenvalue weighted by Crippen LogP contribution is -2.33. The summed E-state index contributed by atoms with van der Waals surface area (Å²) < 4.78 is 1.59. The summed E-state index contributed by atoms with van der Waals surface area (Å²) in [7, 11) is 1.66. The molecular formula is C21H29N7O. The van der Waals surface area contributed by atoms with Gasteiger partial charge in [-0.05, 0) is 50.1 Å². The zero-order valence-corrected chi connectivity index (χ0v) is 17.2. The minimum absolute atomic E-state index is 0.204. The van der Waals surface area contributed by atoms with Gasteiger partial charge in [0.25, 0.3) is 0 Å². The summed E-state index contributed by atoms with van der Waals surface area (Å²) in [5.41, 5.74) is 8.99. The molecule has 3 rings (SSSR count). The minimum Gasteiger partial charge on any atom is -0.370 e. The number of fused-ring (bicyclic) bond motifs is 1. The molecule has 0 amide bonds. The molecule has 0 unspecified atom stereocenters. The van der Waals surface area contributed by atoms with E-state index in [1.807, 2.05) is 36.5 Å². The predicted molar refractivity (Wildman–Crippen MR) is 118 cm³/mol. The van der Waals surface area contributed by atoms with Crippen molar-refractivity contribution in [1.82, 2.24) is 25.2 Å². The van der Waals surface area contributed by atoms with Crippen LogP contribution in [-0.4, -0.2) is 40.6 Å². The molecule has 5 N–H and O–H groups in total. The highest BCUT2D eigenvalue weighted by Gasteiger charge is 2.09. The Morgan fingerprint density at radius 3 is 2.76 bits per heavy atom. The van der Waals surface area contributed by atoms with E-state index in [0.29, 0.717) is 11.6 Å². The van der Waals surface area contributed by atoms with Crippen molar-refractivity contribution in [3.63, 3.8) is 0 Å². The summed E-state index contributed by atoms with van der Waals surface area (Å²) in [5, 5.41) is 7.46. The summed E-state index contributed by atoms with van der Waals surface area (Å²) in [6.45, 7) is 5.83. The van der Waals surface area contributed by atoms with Crippen LogP contribution in [0.2, 0.25) is 0 Å². The molecule has 0 bridgehead atoms. The van der Waals surface area contributed by atoms with Crippen molar-refractivity contribution in [2.24, 2.45) is 10.7 Å². The number of H-pyrrole nitrogens is 1. The minimum atomic E-state index is -0.289. The number of nitrogens with one attached hydrogen (secondary N) is 3. The van der Waals surface area contributed by atoms with Crippen molar-refractivity contribution >= 4 is 17.0 Å². The summed E-state index contributed by atoms with van der Waals surface area (Å²) in [6.07, 6.45) is 3.66. The maximum Gasteiger partial charge on any atom is 0.354 e. The Bertz CT molecular complexity index is 1030. The summed E-state index contributed by atoms with van der Waals surface area (Å²) in [5.74, 6) is 0.460. The number of hydrogen-bond donors (Lipinski definition) is 4. The van der Waals surface area contributed by atoms with Crippen molar-refractivity contribution in [3.8, 4) is 5.69 Å². The number of benzene rings is 1. The molecule has 2 heterocycles. The van der Waals surface area contributed by atoms with Gasteiger partial charge in [0.2, 0.25) is 0 Å². The van der Waals surface area contributed by atoms with Gasteiger partial charge in [-0.3, -0.25) is 9.56 Å². The van der Waals surface area contributed by atoms with Gasteiger partial charge in [0, 0.05) is 36.9 Å². The maximum absolute atomic E-state index is 12.4. The van der Waals surface area contributed by atoms with Crippen LogP contribution in [0.15, 0.2) is 46.3 Å². The molecule has 0 aliphatic rings. The number of nitrogens with zero attached hydrogens (tertiary/aromatic N) is 3. The van der Waals surface area contributed by atoms with E-state index >= 15 is 0 Å². The van der Waals surface area contributed by atoms with Gasteiger partial charge in [-0.25, -0.2) is 4.79 Å². The summed E-state index contributed by atoms with van der Waals surface area (Å²) in [4.78, 5) is 23.6. The monoisotopic (exact) mass is 395 g/mol. The number of aryl methyl sites for hydroxylation is 1. The van der Waals surface area contributed by atoms with Crippen molar-refractivity contribution in [2.45, 2.75) is 32.7 Å². The molecule has 1 aromatic carbocycles. The second-order valence-corrected chi connectivity index (χ2v) is 7.00. The third-order valence-electron chi connectivity index (χ3n) is 4.97. The fourth-order valence-corrected chi connectivity index (χ4v) is 3.17. The topological polar surface area (TPSA) is 113 Å². The Kier molecular flexibility index (Phi) is 6.66. The lowest BCUT2D eigenvalue weighted by Gasteiger charge is -2.15. The molecule has 0 spiro atoms. The van der Waals surface area contributed by atoms with Crippen LogP contribution < -0.4 is 22.1 Å². The first-order chi connectivity index (χ1) is 14.0. The van der Waals surface area contributed by atoms with Gasteiger partial charge >= 0.3 is 5.69 Å². The average Bonchev–Trinajstić information content (AvgIpc) is 3.14. The van der Waals surface area contributed by atoms with Gasteiger partial charge in [0.05, 0.1) is 5.69 Å². The smallest absolute Gasteiger partial charge is 0.354 e. The number of aromatic nitrogens is 3. The van der Waals surface area contributed by atoms with Crippen LogP contribution in [0.5, 0.6) is 0 Å². The van der Waals surface area contributed by atoms with Crippen LogP contribution in [0, 0.1) is 0 Å². The molecule has 1 atom stereocenters. The first-order valence-electron chi connectivity index (χ1n) is 9.93. The van der Waals surface area contributed by atoms with E-state index in [2.05, 4.69) is 39.4 Å². The number of aromatic amines is 1. The Morgan fingerprint density at radius 1 is 1.31 bits per heavy atom. The molecule has 0 radical (unpaired) electrons. The van der Waals surface area contributed by atoms with Crippen LogP contribution in [0.25, 0.3) is 16.7 Å². The van der Waals surface area contributed by atoms with Crippen molar-refractivity contribution in [1.29, 1.82) is 0 Å². The number of aliphatic imine (C=N–C) groups is 1.